The van der Waals surface area contributed by atoms with Crippen molar-refractivity contribution in [2.75, 3.05) is 33.9 Å². The zero-order chi connectivity index (χ0) is 20.6. The molecule has 1 saturated heterocycles. The standard InChI is InChI=1S/C22H28N2O5/c1-14(2)20-19(23-13-28-20)21(25)24-8-6-22(7-9-24)16-12-18(27-4)17(26-3)11-15(16)5-10-29-22/h11-14H,5-10H2,1-4H3. The molecular weight excluding hydrogens is 372 g/mol. The third-order valence-corrected chi connectivity index (χ3v) is 6.03. The third kappa shape index (κ3) is 3.37. The second kappa shape index (κ2) is 7.71. The van der Waals surface area contributed by atoms with E-state index in [1.165, 1.54) is 12.0 Å². The summed E-state index contributed by atoms with van der Waals surface area (Å²) in [7, 11) is 3.30. The number of amides is 1. The zero-order valence-corrected chi connectivity index (χ0v) is 17.5. The second-order valence-electron chi connectivity index (χ2n) is 7.97. The molecule has 1 aromatic carbocycles. The van der Waals surface area contributed by atoms with Gasteiger partial charge in [0.2, 0.25) is 0 Å². The fourth-order valence-corrected chi connectivity index (χ4v) is 4.45. The number of methoxy groups -OCH3 is 2. The molecule has 2 aliphatic heterocycles. The molecule has 1 fully saturated rings. The van der Waals surface area contributed by atoms with Gasteiger partial charge in [-0.05, 0) is 42.5 Å². The molecule has 0 N–H and O–H groups in total. The number of likely N-dealkylation sites (tertiary alicyclic amines) is 1. The Morgan fingerprint density at radius 1 is 1.17 bits per heavy atom. The third-order valence-electron chi connectivity index (χ3n) is 6.03. The first-order valence-corrected chi connectivity index (χ1v) is 10.1. The molecule has 2 aromatic rings. The first-order valence-electron chi connectivity index (χ1n) is 10.1. The number of aromatic nitrogens is 1. The lowest BCUT2D eigenvalue weighted by Gasteiger charge is -2.45. The molecule has 0 unspecified atom stereocenters. The largest absolute Gasteiger partial charge is 0.493 e. The fourth-order valence-electron chi connectivity index (χ4n) is 4.45. The van der Waals surface area contributed by atoms with Crippen LogP contribution in [0.2, 0.25) is 0 Å². The minimum Gasteiger partial charge on any atom is -0.493 e. The SMILES string of the molecule is COc1cc2c(cc1OC)C1(CCN(C(=O)c3ncoc3C(C)C)CC1)OCC2. The van der Waals surface area contributed by atoms with Crippen LogP contribution >= 0.6 is 0 Å². The smallest absolute Gasteiger partial charge is 0.276 e. The minimum absolute atomic E-state index is 0.0688. The maximum atomic E-state index is 13.0. The number of oxazole rings is 1. The molecule has 156 valence electrons. The van der Waals surface area contributed by atoms with E-state index in [0.29, 0.717) is 36.9 Å². The van der Waals surface area contributed by atoms with E-state index >= 15 is 0 Å². The first-order chi connectivity index (χ1) is 14.0. The molecule has 2 aliphatic rings. The molecule has 4 rings (SSSR count). The highest BCUT2D eigenvalue weighted by Gasteiger charge is 2.43. The van der Waals surface area contributed by atoms with Crippen LogP contribution in [0.1, 0.15) is 60.0 Å². The van der Waals surface area contributed by atoms with Crippen molar-refractivity contribution in [3.63, 3.8) is 0 Å². The lowest BCUT2D eigenvalue weighted by atomic mass is 9.79. The summed E-state index contributed by atoms with van der Waals surface area (Å²) < 4.78 is 22.7. The summed E-state index contributed by atoms with van der Waals surface area (Å²) in [5, 5.41) is 0. The summed E-state index contributed by atoms with van der Waals surface area (Å²) in [5.74, 6) is 2.14. The highest BCUT2D eigenvalue weighted by molar-refractivity contribution is 5.93. The van der Waals surface area contributed by atoms with Crippen LogP contribution in [0, 0.1) is 0 Å². The Bertz CT molecular complexity index is 897. The van der Waals surface area contributed by atoms with Crippen LogP contribution in [0.5, 0.6) is 11.5 Å². The molecule has 0 atom stereocenters. The van der Waals surface area contributed by atoms with Gasteiger partial charge in [-0.1, -0.05) is 13.8 Å². The van der Waals surface area contributed by atoms with E-state index in [0.717, 1.165) is 30.6 Å². The van der Waals surface area contributed by atoms with Gasteiger partial charge in [0.05, 0.1) is 26.4 Å². The molecule has 7 nitrogen and oxygen atoms in total. The molecule has 1 aromatic heterocycles. The van der Waals surface area contributed by atoms with Crippen LogP contribution in [-0.4, -0.2) is 49.7 Å². The van der Waals surface area contributed by atoms with E-state index in [1.807, 2.05) is 24.8 Å². The van der Waals surface area contributed by atoms with Gasteiger partial charge in [-0.3, -0.25) is 4.79 Å². The average Bonchev–Trinajstić information content (AvgIpc) is 3.23. The second-order valence-corrected chi connectivity index (χ2v) is 7.97. The van der Waals surface area contributed by atoms with Crippen molar-refractivity contribution in [1.29, 1.82) is 0 Å². The van der Waals surface area contributed by atoms with Crippen molar-refractivity contribution < 1.29 is 23.4 Å². The number of nitrogens with zero attached hydrogens (tertiary/aromatic N) is 2. The maximum Gasteiger partial charge on any atom is 0.276 e. The monoisotopic (exact) mass is 400 g/mol. The lowest BCUT2D eigenvalue weighted by Crippen LogP contribution is -2.48. The highest BCUT2D eigenvalue weighted by atomic mass is 16.5. The van der Waals surface area contributed by atoms with Gasteiger partial charge in [-0.15, -0.1) is 0 Å². The Balaban J connectivity index is 1.57. The van der Waals surface area contributed by atoms with Crippen molar-refractivity contribution >= 4 is 5.91 Å². The van der Waals surface area contributed by atoms with Crippen molar-refractivity contribution in [2.45, 2.75) is 44.6 Å². The Labute approximate surface area is 170 Å². The number of benzene rings is 1. The van der Waals surface area contributed by atoms with Gasteiger partial charge in [-0.2, -0.15) is 0 Å². The van der Waals surface area contributed by atoms with Gasteiger partial charge in [0, 0.05) is 19.0 Å². The van der Waals surface area contributed by atoms with E-state index in [-0.39, 0.29) is 11.8 Å². The number of piperidine rings is 1. The summed E-state index contributed by atoms with van der Waals surface area (Å²) in [4.78, 5) is 19.0. The Hall–Kier alpha value is -2.54. The van der Waals surface area contributed by atoms with Crippen LogP contribution in [0.3, 0.4) is 0 Å². The van der Waals surface area contributed by atoms with Gasteiger partial charge in [0.15, 0.2) is 23.6 Å². The highest BCUT2D eigenvalue weighted by Crippen LogP contribution is 2.45. The van der Waals surface area contributed by atoms with E-state index in [9.17, 15) is 4.79 Å². The molecule has 0 radical (unpaired) electrons. The molecule has 3 heterocycles. The maximum absolute atomic E-state index is 13.0. The van der Waals surface area contributed by atoms with Gasteiger partial charge in [-0.25, -0.2) is 4.98 Å². The zero-order valence-electron chi connectivity index (χ0n) is 17.5. The summed E-state index contributed by atoms with van der Waals surface area (Å²) in [6.45, 7) is 5.87. The number of fused-ring (bicyclic) bond motifs is 2. The number of ether oxygens (including phenoxy) is 3. The van der Waals surface area contributed by atoms with Crippen LogP contribution < -0.4 is 9.47 Å². The first kappa shape index (κ1) is 19.8. The fraction of sp³-hybridized carbons (Fsp3) is 0.545. The molecule has 29 heavy (non-hydrogen) atoms. The number of hydrogen-bond donors (Lipinski definition) is 0. The minimum atomic E-state index is -0.394. The Kier molecular flexibility index (Phi) is 5.25. The van der Waals surface area contributed by atoms with Crippen LogP contribution in [0.15, 0.2) is 22.9 Å². The summed E-state index contributed by atoms with van der Waals surface area (Å²) >= 11 is 0. The van der Waals surface area contributed by atoms with Crippen LogP contribution in [-0.2, 0) is 16.8 Å². The normalized spacial score (nSPS) is 18.0. The van der Waals surface area contributed by atoms with E-state index in [4.69, 9.17) is 18.6 Å². The van der Waals surface area contributed by atoms with Crippen molar-refractivity contribution in [1.82, 2.24) is 9.88 Å². The van der Waals surface area contributed by atoms with Gasteiger partial charge >= 0.3 is 0 Å². The van der Waals surface area contributed by atoms with E-state index in [1.54, 1.807) is 14.2 Å². The van der Waals surface area contributed by atoms with E-state index < -0.39 is 5.60 Å². The van der Waals surface area contributed by atoms with Crippen molar-refractivity contribution in [2.24, 2.45) is 0 Å². The average molecular weight is 400 g/mol. The predicted octanol–water partition coefficient (Wildman–Crippen LogP) is 3.52. The molecule has 0 aliphatic carbocycles. The molecular formula is C22H28N2O5. The Morgan fingerprint density at radius 2 is 1.86 bits per heavy atom. The number of rotatable bonds is 4. The summed E-state index contributed by atoms with van der Waals surface area (Å²) in [6, 6.07) is 4.10. The molecule has 0 saturated carbocycles. The number of hydrogen-bond acceptors (Lipinski definition) is 6. The topological polar surface area (TPSA) is 74.0 Å². The van der Waals surface area contributed by atoms with E-state index in [2.05, 4.69) is 11.1 Å². The van der Waals surface area contributed by atoms with Crippen LogP contribution in [0.25, 0.3) is 0 Å². The Morgan fingerprint density at radius 3 is 2.52 bits per heavy atom. The molecule has 7 heteroatoms. The van der Waals surface area contributed by atoms with Gasteiger partial charge in [0.1, 0.15) is 5.76 Å². The summed E-state index contributed by atoms with van der Waals surface area (Å²) in [5.41, 5.74) is 2.41. The molecule has 1 amide bonds. The summed E-state index contributed by atoms with van der Waals surface area (Å²) in [6.07, 6.45) is 3.66. The number of carbonyl (C=O) groups is 1. The quantitative estimate of drug-likeness (QED) is 0.782. The van der Waals surface area contributed by atoms with Crippen molar-refractivity contribution in [3.8, 4) is 11.5 Å². The van der Waals surface area contributed by atoms with Crippen molar-refractivity contribution in [3.05, 3.63) is 41.1 Å². The number of carbonyl (C=O) groups excluding carboxylic acids is 1. The predicted molar refractivity (Wildman–Crippen MR) is 107 cm³/mol. The van der Waals surface area contributed by atoms with Crippen LogP contribution in [0.4, 0.5) is 0 Å². The molecule has 0 bridgehead atoms. The van der Waals surface area contributed by atoms with Gasteiger partial charge < -0.3 is 23.5 Å². The van der Waals surface area contributed by atoms with Gasteiger partial charge in [0.25, 0.3) is 5.91 Å². The molecule has 1 spiro atoms. The lowest BCUT2D eigenvalue weighted by molar-refractivity contribution is -0.0937.